The van der Waals surface area contributed by atoms with E-state index in [1.54, 1.807) is 0 Å². The van der Waals surface area contributed by atoms with Gasteiger partial charge in [0.25, 0.3) is 0 Å². The number of nitrogens with zero attached hydrogens (tertiary/aromatic N) is 2. The summed E-state index contributed by atoms with van der Waals surface area (Å²) in [6.07, 6.45) is 6.03. The molecule has 1 heterocycles. The summed E-state index contributed by atoms with van der Waals surface area (Å²) >= 11 is 0. The first-order chi connectivity index (χ1) is 10.1. The summed E-state index contributed by atoms with van der Waals surface area (Å²) in [5.74, 6) is 0. The van der Waals surface area contributed by atoms with Crippen LogP contribution >= 0.6 is 0 Å². The molecule has 3 heteroatoms. The Hall–Kier alpha value is -0.900. The molecule has 1 aliphatic carbocycles. The van der Waals surface area contributed by atoms with Gasteiger partial charge in [-0.05, 0) is 70.4 Å². The first kappa shape index (κ1) is 15.0. The number of nitrogens with two attached hydrogens (primary N) is 1. The van der Waals surface area contributed by atoms with Crippen LogP contribution in [0, 0.1) is 0 Å². The second-order valence-electron chi connectivity index (χ2n) is 7.02. The molecule has 1 aromatic carbocycles. The molecule has 0 spiro atoms. The molecule has 1 unspecified atom stereocenters. The molecule has 21 heavy (non-hydrogen) atoms. The van der Waals surface area contributed by atoms with E-state index >= 15 is 0 Å². The van der Waals surface area contributed by atoms with Gasteiger partial charge in [0.05, 0.1) is 0 Å². The molecule has 1 fully saturated rings. The minimum atomic E-state index is 0.162. The smallest absolute Gasteiger partial charge is 0.0375 e. The fourth-order valence-electron chi connectivity index (χ4n) is 4.17. The van der Waals surface area contributed by atoms with Gasteiger partial charge in [-0.2, -0.15) is 0 Å². The molecule has 1 atom stereocenters. The van der Waals surface area contributed by atoms with Crippen LogP contribution < -0.4 is 5.73 Å². The maximum Gasteiger partial charge on any atom is 0.0375 e. The Morgan fingerprint density at radius 1 is 1.24 bits per heavy atom. The quantitative estimate of drug-likeness (QED) is 0.921. The number of piperidine rings is 1. The van der Waals surface area contributed by atoms with Crippen LogP contribution in [0.1, 0.15) is 30.4 Å². The van der Waals surface area contributed by atoms with Gasteiger partial charge in [0.2, 0.25) is 0 Å². The molecule has 0 saturated carbocycles. The average molecular weight is 287 g/mol. The number of aryl methyl sites for hydroxylation is 1. The maximum absolute atomic E-state index is 6.28. The van der Waals surface area contributed by atoms with Gasteiger partial charge < -0.3 is 10.6 Å². The van der Waals surface area contributed by atoms with E-state index in [4.69, 9.17) is 5.73 Å². The van der Waals surface area contributed by atoms with Gasteiger partial charge in [-0.25, -0.2) is 0 Å². The summed E-state index contributed by atoms with van der Waals surface area (Å²) < 4.78 is 0. The summed E-state index contributed by atoms with van der Waals surface area (Å²) in [5, 5.41) is 0. The predicted molar refractivity (Wildman–Crippen MR) is 88.5 cm³/mol. The van der Waals surface area contributed by atoms with E-state index < -0.39 is 0 Å². The molecule has 0 aromatic heterocycles. The van der Waals surface area contributed by atoms with Gasteiger partial charge in [-0.1, -0.05) is 24.3 Å². The van der Waals surface area contributed by atoms with Crippen LogP contribution in [0.4, 0.5) is 0 Å². The predicted octanol–water partition coefficient (Wildman–Crippen LogP) is 1.90. The summed E-state index contributed by atoms with van der Waals surface area (Å²) in [6, 6.07) is 9.60. The van der Waals surface area contributed by atoms with Crippen LogP contribution in [0.2, 0.25) is 0 Å². The van der Waals surface area contributed by atoms with Crippen LogP contribution in [0.25, 0.3) is 0 Å². The van der Waals surface area contributed by atoms with Crippen LogP contribution in [-0.2, 0) is 12.8 Å². The zero-order chi connectivity index (χ0) is 14.9. The lowest BCUT2D eigenvalue weighted by Gasteiger charge is -2.49. The van der Waals surface area contributed by atoms with Crippen LogP contribution in [0.15, 0.2) is 24.3 Å². The van der Waals surface area contributed by atoms with Crippen molar-refractivity contribution in [3.05, 3.63) is 35.4 Å². The highest BCUT2D eigenvalue weighted by Crippen LogP contribution is 2.34. The molecule has 1 saturated heterocycles. The Labute approximate surface area is 129 Å². The molecule has 1 aromatic rings. The molecule has 3 rings (SSSR count). The van der Waals surface area contributed by atoms with Crippen molar-refractivity contribution >= 4 is 0 Å². The van der Waals surface area contributed by atoms with Crippen molar-refractivity contribution in [3.8, 4) is 0 Å². The Balaban J connectivity index is 1.78. The Bertz CT molecular complexity index is 479. The molecular formula is C18H29N3. The zero-order valence-corrected chi connectivity index (χ0v) is 13.5. The minimum Gasteiger partial charge on any atom is -0.329 e. The Morgan fingerprint density at radius 2 is 1.90 bits per heavy atom. The number of hydrogen-bond acceptors (Lipinski definition) is 3. The molecule has 1 aliphatic heterocycles. The van der Waals surface area contributed by atoms with E-state index in [0.717, 1.165) is 13.0 Å². The SMILES string of the molecule is CN1CCC(N(C)C2(CN)CCc3ccccc3C2)CC1. The van der Waals surface area contributed by atoms with Crippen molar-refractivity contribution in [2.24, 2.45) is 5.73 Å². The van der Waals surface area contributed by atoms with Gasteiger partial charge in [0, 0.05) is 18.1 Å². The first-order valence-corrected chi connectivity index (χ1v) is 8.33. The van der Waals surface area contributed by atoms with E-state index in [0.29, 0.717) is 6.04 Å². The van der Waals surface area contributed by atoms with E-state index in [2.05, 4.69) is 48.2 Å². The molecule has 116 valence electrons. The average Bonchev–Trinajstić information content (AvgIpc) is 2.54. The van der Waals surface area contributed by atoms with Crippen molar-refractivity contribution in [1.29, 1.82) is 0 Å². The highest BCUT2D eigenvalue weighted by atomic mass is 15.2. The number of benzene rings is 1. The van der Waals surface area contributed by atoms with Crippen LogP contribution in [0.3, 0.4) is 0 Å². The number of likely N-dealkylation sites (N-methyl/N-ethyl adjacent to an activating group) is 1. The second kappa shape index (κ2) is 6.07. The molecule has 0 amide bonds. The van der Waals surface area contributed by atoms with Gasteiger partial charge in [0.15, 0.2) is 0 Å². The highest BCUT2D eigenvalue weighted by Gasteiger charge is 2.40. The zero-order valence-electron chi connectivity index (χ0n) is 13.5. The van der Waals surface area contributed by atoms with Crippen molar-refractivity contribution in [1.82, 2.24) is 9.80 Å². The number of fused-ring (bicyclic) bond motifs is 1. The number of rotatable bonds is 3. The molecular weight excluding hydrogens is 258 g/mol. The molecule has 3 nitrogen and oxygen atoms in total. The van der Waals surface area contributed by atoms with Gasteiger partial charge >= 0.3 is 0 Å². The number of hydrogen-bond donors (Lipinski definition) is 1. The monoisotopic (exact) mass is 287 g/mol. The first-order valence-electron chi connectivity index (χ1n) is 8.33. The normalized spacial score (nSPS) is 27.8. The summed E-state index contributed by atoms with van der Waals surface area (Å²) in [5.41, 5.74) is 9.47. The van der Waals surface area contributed by atoms with Crippen molar-refractivity contribution in [2.75, 3.05) is 33.7 Å². The largest absolute Gasteiger partial charge is 0.329 e. The lowest BCUT2D eigenvalue weighted by Crippen LogP contribution is -2.60. The fraction of sp³-hybridized carbons (Fsp3) is 0.667. The van der Waals surface area contributed by atoms with Gasteiger partial charge in [0.1, 0.15) is 0 Å². The van der Waals surface area contributed by atoms with Crippen molar-refractivity contribution in [3.63, 3.8) is 0 Å². The standard InChI is InChI=1S/C18H29N3/c1-20-11-8-17(9-12-20)21(2)18(14-19)10-7-15-5-3-4-6-16(15)13-18/h3-6,17H,7-14,19H2,1-2H3. The van der Waals surface area contributed by atoms with Crippen LogP contribution in [0.5, 0.6) is 0 Å². The molecule has 0 radical (unpaired) electrons. The third-order valence-electron chi connectivity index (χ3n) is 5.86. The maximum atomic E-state index is 6.28. The minimum absolute atomic E-state index is 0.162. The third kappa shape index (κ3) is 2.87. The van der Waals surface area contributed by atoms with E-state index in [1.165, 1.54) is 49.9 Å². The lowest BCUT2D eigenvalue weighted by atomic mass is 9.76. The topological polar surface area (TPSA) is 32.5 Å². The number of likely N-dealkylation sites (tertiary alicyclic amines) is 1. The molecule has 2 aliphatic rings. The highest BCUT2D eigenvalue weighted by molar-refractivity contribution is 5.32. The van der Waals surface area contributed by atoms with E-state index in [-0.39, 0.29) is 5.54 Å². The Kier molecular flexibility index (Phi) is 4.34. The lowest BCUT2D eigenvalue weighted by molar-refractivity contribution is 0.0338. The van der Waals surface area contributed by atoms with E-state index in [1.807, 2.05) is 0 Å². The van der Waals surface area contributed by atoms with Gasteiger partial charge in [-0.15, -0.1) is 0 Å². The Morgan fingerprint density at radius 3 is 2.57 bits per heavy atom. The second-order valence-corrected chi connectivity index (χ2v) is 7.02. The van der Waals surface area contributed by atoms with Crippen LogP contribution in [-0.4, -0.2) is 55.1 Å². The molecule has 2 N–H and O–H groups in total. The fourth-order valence-corrected chi connectivity index (χ4v) is 4.17. The summed E-state index contributed by atoms with van der Waals surface area (Å²) in [6.45, 7) is 3.20. The van der Waals surface area contributed by atoms with Crippen molar-refractivity contribution < 1.29 is 0 Å². The third-order valence-corrected chi connectivity index (χ3v) is 5.86. The summed E-state index contributed by atoms with van der Waals surface area (Å²) in [7, 11) is 4.54. The van der Waals surface area contributed by atoms with E-state index in [9.17, 15) is 0 Å². The molecule has 0 bridgehead atoms. The summed E-state index contributed by atoms with van der Waals surface area (Å²) in [4.78, 5) is 5.07. The van der Waals surface area contributed by atoms with Crippen molar-refractivity contribution in [2.45, 2.75) is 43.7 Å². The van der Waals surface area contributed by atoms with Gasteiger partial charge in [-0.3, -0.25) is 4.90 Å².